The van der Waals surface area contributed by atoms with E-state index in [9.17, 15) is 5.11 Å². The average molecular weight is 380 g/mol. The van der Waals surface area contributed by atoms with Crippen LogP contribution in [0.2, 0.25) is 0 Å². The first-order valence-corrected chi connectivity index (χ1v) is 10.2. The first-order valence-electron chi connectivity index (χ1n) is 10.2. The van der Waals surface area contributed by atoms with Gasteiger partial charge < -0.3 is 9.67 Å². The Labute approximate surface area is 171 Å². The number of aliphatic hydroxyl groups excluding tert-OH is 1. The van der Waals surface area contributed by atoms with Crippen molar-refractivity contribution in [2.24, 2.45) is 5.92 Å². The molecule has 1 aliphatic carbocycles. The van der Waals surface area contributed by atoms with E-state index in [0.717, 1.165) is 12.1 Å². The van der Waals surface area contributed by atoms with E-state index in [1.165, 1.54) is 16.7 Å². The maximum Gasteiger partial charge on any atom is 0.121 e. The van der Waals surface area contributed by atoms with Crippen molar-refractivity contribution < 1.29 is 5.11 Å². The Morgan fingerprint density at radius 1 is 0.793 bits per heavy atom. The number of aliphatic hydroxyl groups is 1. The molecule has 0 aliphatic heterocycles. The predicted octanol–water partition coefficient (Wildman–Crippen LogP) is 4.82. The van der Waals surface area contributed by atoms with Crippen LogP contribution in [0.15, 0.2) is 104 Å². The van der Waals surface area contributed by atoms with Gasteiger partial charge in [0.15, 0.2) is 0 Å². The monoisotopic (exact) mass is 380 g/mol. The summed E-state index contributed by atoms with van der Waals surface area (Å²) in [7, 11) is 0. The second kappa shape index (κ2) is 7.34. The molecule has 29 heavy (non-hydrogen) atoms. The molecule has 1 saturated carbocycles. The third-order valence-electron chi connectivity index (χ3n) is 6.10. The van der Waals surface area contributed by atoms with Gasteiger partial charge in [-0.25, -0.2) is 4.98 Å². The van der Waals surface area contributed by atoms with Crippen molar-refractivity contribution in [3.63, 3.8) is 0 Å². The van der Waals surface area contributed by atoms with Crippen LogP contribution in [0.4, 0.5) is 0 Å². The lowest BCUT2D eigenvalue weighted by Crippen LogP contribution is -2.36. The minimum atomic E-state index is -0.515. The molecule has 0 bridgehead atoms. The number of hydrogen-bond acceptors (Lipinski definition) is 2. The summed E-state index contributed by atoms with van der Waals surface area (Å²) < 4.78 is 2.25. The Morgan fingerprint density at radius 2 is 1.28 bits per heavy atom. The van der Waals surface area contributed by atoms with Crippen LogP contribution in [0.3, 0.4) is 0 Å². The van der Waals surface area contributed by atoms with E-state index in [1.54, 1.807) is 0 Å². The Balaban J connectivity index is 1.77. The van der Waals surface area contributed by atoms with Gasteiger partial charge in [-0.05, 0) is 29.0 Å². The molecule has 3 heteroatoms. The zero-order chi connectivity index (χ0) is 19.7. The van der Waals surface area contributed by atoms with Crippen molar-refractivity contribution in [3.8, 4) is 0 Å². The molecule has 0 radical (unpaired) electrons. The van der Waals surface area contributed by atoms with Gasteiger partial charge in [-0.15, -0.1) is 0 Å². The Bertz CT molecular complexity index is 977. The second-order valence-corrected chi connectivity index (χ2v) is 7.80. The minimum absolute atomic E-state index is 0.235. The molecule has 3 nitrogen and oxygen atoms in total. The fourth-order valence-corrected chi connectivity index (χ4v) is 4.51. The van der Waals surface area contributed by atoms with Crippen LogP contribution >= 0.6 is 0 Å². The van der Waals surface area contributed by atoms with Crippen LogP contribution in [0.25, 0.3) is 0 Å². The van der Waals surface area contributed by atoms with Gasteiger partial charge in [-0.1, -0.05) is 91.0 Å². The number of rotatable bonds is 6. The van der Waals surface area contributed by atoms with Crippen LogP contribution in [-0.2, 0) is 5.54 Å². The van der Waals surface area contributed by atoms with E-state index in [-0.39, 0.29) is 6.61 Å². The molecule has 1 N–H and O–H groups in total. The van der Waals surface area contributed by atoms with Crippen LogP contribution < -0.4 is 0 Å². The molecular weight excluding hydrogens is 356 g/mol. The summed E-state index contributed by atoms with van der Waals surface area (Å²) in [6, 6.07) is 31.9. The number of nitrogens with zero attached hydrogens (tertiary/aromatic N) is 2. The zero-order valence-corrected chi connectivity index (χ0v) is 16.2. The molecular formula is C26H24N2O. The lowest BCUT2D eigenvalue weighted by molar-refractivity contribution is 0.273. The molecule has 0 saturated heterocycles. The summed E-state index contributed by atoms with van der Waals surface area (Å²) in [4.78, 5) is 4.77. The second-order valence-electron chi connectivity index (χ2n) is 7.80. The molecule has 1 aliphatic rings. The topological polar surface area (TPSA) is 38.0 Å². The Morgan fingerprint density at radius 3 is 1.69 bits per heavy atom. The fraction of sp³-hybridized carbons (Fsp3) is 0.192. The predicted molar refractivity (Wildman–Crippen MR) is 115 cm³/mol. The molecule has 144 valence electrons. The van der Waals surface area contributed by atoms with E-state index in [2.05, 4.69) is 102 Å². The third-order valence-corrected chi connectivity index (χ3v) is 6.10. The average Bonchev–Trinajstić information content (AvgIpc) is 3.44. The quantitative estimate of drug-likeness (QED) is 0.487. The lowest BCUT2D eigenvalue weighted by Gasteiger charge is -2.37. The van der Waals surface area contributed by atoms with Gasteiger partial charge in [0.2, 0.25) is 0 Å². The minimum Gasteiger partial charge on any atom is -0.396 e. The van der Waals surface area contributed by atoms with Crippen LogP contribution in [-0.4, -0.2) is 21.3 Å². The number of hydrogen-bond donors (Lipinski definition) is 1. The van der Waals surface area contributed by atoms with Crippen molar-refractivity contribution in [2.75, 3.05) is 6.61 Å². The first-order chi connectivity index (χ1) is 14.3. The van der Waals surface area contributed by atoms with Crippen molar-refractivity contribution in [2.45, 2.75) is 17.9 Å². The third kappa shape index (κ3) is 2.99. The maximum absolute atomic E-state index is 9.50. The molecule has 2 atom stereocenters. The molecule has 5 rings (SSSR count). The summed E-state index contributed by atoms with van der Waals surface area (Å²) >= 11 is 0. The van der Waals surface area contributed by atoms with Crippen LogP contribution in [0, 0.1) is 5.92 Å². The standard InChI is InChI=1S/C26H24N2O/c29-18-20-16-24(20)25-17-28(19-27-25)26(21-10-4-1-5-11-21,22-12-6-2-7-13-22)23-14-8-3-9-15-23/h1-15,17,19-20,24,29H,16,18H2/t20-,24+/m0/s1. The zero-order valence-electron chi connectivity index (χ0n) is 16.2. The fourth-order valence-electron chi connectivity index (χ4n) is 4.51. The molecule has 3 aromatic carbocycles. The molecule has 4 aromatic rings. The van der Waals surface area contributed by atoms with E-state index in [4.69, 9.17) is 4.98 Å². The van der Waals surface area contributed by atoms with Gasteiger partial charge in [-0.2, -0.15) is 0 Å². The molecule has 1 heterocycles. The molecule has 0 amide bonds. The summed E-state index contributed by atoms with van der Waals surface area (Å²) in [5, 5.41) is 9.50. The number of imidazole rings is 1. The number of aromatic nitrogens is 2. The smallest absolute Gasteiger partial charge is 0.121 e. The highest BCUT2D eigenvalue weighted by atomic mass is 16.3. The molecule has 0 unspecified atom stereocenters. The van der Waals surface area contributed by atoms with E-state index >= 15 is 0 Å². The van der Waals surface area contributed by atoms with Gasteiger partial charge in [0.25, 0.3) is 0 Å². The van der Waals surface area contributed by atoms with Gasteiger partial charge >= 0.3 is 0 Å². The summed E-state index contributed by atoms with van der Waals surface area (Å²) in [6.45, 7) is 0.235. The highest BCUT2D eigenvalue weighted by molar-refractivity contribution is 5.50. The Kier molecular flexibility index (Phi) is 4.53. The molecule has 0 spiro atoms. The number of benzene rings is 3. The Hall–Kier alpha value is -3.17. The van der Waals surface area contributed by atoms with Gasteiger partial charge in [-0.3, -0.25) is 0 Å². The summed E-state index contributed by atoms with van der Waals surface area (Å²) in [5.41, 5.74) is 4.12. The summed E-state index contributed by atoms with van der Waals surface area (Å²) in [6.07, 6.45) is 5.14. The maximum atomic E-state index is 9.50. The van der Waals surface area contributed by atoms with E-state index in [0.29, 0.717) is 11.8 Å². The van der Waals surface area contributed by atoms with Crippen molar-refractivity contribution >= 4 is 0 Å². The van der Waals surface area contributed by atoms with E-state index in [1.807, 2.05) is 6.33 Å². The first kappa shape index (κ1) is 17.9. The SMILES string of the molecule is OC[C@@H]1C[C@H]1c1cn(C(c2ccccc2)(c2ccccc2)c2ccccc2)cn1. The van der Waals surface area contributed by atoms with Crippen LogP contribution in [0.5, 0.6) is 0 Å². The highest BCUT2D eigenvalue weighted by Gasteiger charge is 2.42. The van der Waals surface area contributed by atoms with Crippen LogP contribution in [0.1, 0.15) is 34.7 Å². The summed E-state index contributed by atoms with van der Waals surface area (Å²) in [5.74, 6) is 0.708. The van der Waals surface area contributed by atoms with Crippen molar-refractivity contribution in [3.05, 3.63) is 126 Å². The molecule has 1 aromatic heterocycles. The van der Waals surface area contributed by atoms with Crippen molar-refractivity contribution in [1.82, 2.24) is 9.55 Å². The normalized spacial score (nSPS) is 18.5. The van der Waals surface area contributed by atoms with E-state index < -0.39 is 5.54 Å². The van der Waals surface area contributed by atoms with Gasteiger partial charge in [0.1, 0.15) is 5.54 Å². The van der Waals surface area contributed by atoms with Gasteiger partial charge in [0, 0.05) is 18.7 Å². The largest absolute Gasteiger partial charge is 0.396 e. The van der Waals surface area contributed by atoms with Gasteiger partial charge in [0.05, 0.1) is 12.0 Å². The molecule has 1 fully saturated rings. The lowest BCUT2D eigenvalue weighted by atomic mass is 9.77. The highest BCUT2D eigenvalue weighted by Crippen LogP contribution is 2.47. The van der Waals surface area contributed by atoms with Crippen molar-refractivity contribution in [1.29, 1.82) is 0 Å².